The Morgan fingerprint density at radius 3 is 2.60 bits per heavy atom. The zero-order chi connectivity index (χ0) is 11.2. The largest absolute Gasteiger partial charge is 0.398 e. The lowest BCUT2D eigenvalue weighted by molar-refractivity contribution is 1.09. The van der Waals surface area contributed by atoms with E-state index in [4.69, 9.17) is 28.5 Å². The molecule has 1 aromatic carbocycles. The van der Waals surface area contributed by atoms with Crippen molar-refractivity contribution in [1.82, 2.24) is 0 Å². The molecule has 0 saturated heterocycles. The van der Waals surface area contributed by atoms with E-state index in [2.05, 4.69) is 0 Å². The van der Waals surface area contributed by atoms with Crippen molar-refractivity contribution in [2.45, 2.75) is 25.7 Å². The maximum absolute atomic E-state index is 7.50. The zero-order valence-electron chi connectivity index (χ0n) is 8.60. The van der Waals surface area contributed by atoms with Crippen LogP contribution >= 0.6 is 11.6 Å². The highest BCUT2D eigenvalue weighted by Crippen LogP contribution is 2.46. The van der Waals surface area contributed by atoms with Gasteiger partial charge in [-0.2, -0.15) is 0 Å². The second kappa shape index (κ2) is 3.42. The highest BCUT2D eigenvalue weighted by atomic mass is 35.5. The number of halogens is 1. The van der Waals surface area contributed by atoms with Crippen LogP contribution in [0.1, 0.15) is 35.4 Å². The quantitative estimate of drug-likeness (QED) is 0.409. The topological polar surface area (TPSA) is 75.9 Å². The van der Waals surface area contributed by atoms with Crippen LogP contribution in [0, 0.1) is 12.3 Å². The number of nitrogens with two attached hydrogens (primary N) is 2. The summed E-state index contributed by atoms with van der Waals surface area (Å²) in [6.07, 6.45) is 2.34. The monoisotopic (exact) mass is 223 g/mol. The predicted molar refractivity (Wildman–Crippen MR) is 63.6 cm³/mol. The summed E-state index contributed by atoms with van der Waals surface area (Å²) in [6.45, 7) is 1.94. The summed E-state index contributed by atoms with van der Waals surface area (Å²) < 4.78 is 0. The van der Waals surface area contributed by atoms with E-state index in [-0.39, 0.29) is 5.84 Å². The summed E-state index contributed by atoms with van der Waals surface area (Å²) >= 11 is 6.16. The van der Waals surface area contributed by atoms with Crippen LogP contribution < -0.4 is 11.5 Å². The summed E-state index contributed by atoms with van der Waals surface area (Å²) in [5, 5.41) is 8.21. The molecule has 80 valence electrons. The van der Waals surface area contributed by atoms with Crippen LogP contribution in [0.4, 0.5) is 5.69 Å². The summed E-state index contributed by atoms with van der Waals surface area (Å²) in [7, 11) is 0. The van der Waals surface area contributed by atoms with Crippen LogP contribution in [-0.2, 0) is 0 Å². The Kier molecular flexibility index (Phi) is 2.35. The fourth-order valence-electron chi connectivity index (χ4n) is 2.05. The molecule has 4 heteroatoms. The molecule has 0 aliphatic heterocycles. The smallest absolute Gasteiger partial charge is 0.125 e. The lowest BCUT2D eigenvalue weighted by Crippen LogP contribution is -2.16. The first-order chi connectivity index (χ1) is 7.02. The molecular weight excluding hydrogens is 210 g/mol. The van der Waals surface area contributed by atoms with Crippen molar-refractivity contribution >= 4 is 23.1 Å². The average Bonchev–Trinajstić information content (AvgIpc) is 2.85. The molecule has 2 rings (SSSR count). The van der Waals surface area contributed by atoms with Crippen molar-refractivity contribution in [3.63, 3.8) is 0 Å². The Balaban J connectivity index is 2.65. The molecular formula is C11H14ClN3. The first-order valence-corrected chi connectivity index (χ1v) is 5.33. The molecule has 15 heavy (non-hydrogen) atoms. The number of nitrogens with one attached hydrogen (secondary N) is 1. The van der Waals surface area contributed by atoms with Crippen molar-refractivity contribution in [2.24, 2.45) is 5.73 Å². The van der Waals surface area contributed by atoms with E-state index in [1.165, 1.54) is 12.8 Å². The Labute approximate surface area is 93.9 Å². The first-order valence-electron chi connectivity index (χ1n) is 4.95. The van der Waals surface area contributed by atoms with Gasteiger partial charge in [-0.15, -0.1) is 0 Å². The third-order valence-electron chi connectivity index (χ3n) is 2.86. The average molecular weight is 224 g/mol. The standard InChI is InChI=1S/C11H14ClN3/c1-5-9(6-2-3-6)7(12)4-8(13)10(5)11(14)15/h4,6H,2-3,13H2,1H3,(H3,14,15). The first kappa shape index (κ1) is 10.3. The molecule has 0 atom stereocenters. The van der Waals surface area contributed by atoms with Gasteiger partial charge in [0.2, 0.25) is 0 Å². The van der Waals surface area contributed by atoms with Gasteiger partial charge in [0.25, 0.3) is 0 Å². The van der Waals surface area contributed by atoms with Gasteiger partial charge in [-0.3, -0.25) is 5.41 Å². The highest BCUT2D eigenvalue weighted by Gasteiger charge is 2.29. The van der Waals surface area contributed by atoms with Crippen molar-refractivity contribution in [1.29, 1.82) is 5.41 Å². The van der Waals surface area contributed by atoms with E-state index < -0.39 is 0 Å². The van der Waals surface area contributed by atoms with Crippen molar-refractivity contribution < 1.29 is 0 Å². The van der Waals surface area contributed by atoms with Crippen LogP contribution in [0.5, 0.6) is 0 Å². The number of hydrogen-bond acceptors (Lipinski definition) is 2. The molecule has 0 heterocycles. The Morgan fingerprint density at radius 2 is 2.13 bits per heavy atom. The van der Waals surface area contributed by atoms with Crippen LogP contribution in [0.3, 0.4) is 0 Å². The van der Waals surface area contributed by atoms with Gasteiger partial charge in [0.05, 0.1) is 0 Å². The molecule has 0 amide bonds. The van der Waals surface area contributed by atoms with E-state index in [1.807, 2.05) is 6.92 Å². The minimum atomic E-state index is 0.0172. The van der Waals surface area contributed by atoms with Gasteiger partial charge in [0.1, 0.15) is 5.84 Å². The minimum absolute atomic E-state index is 0.0172. The van der Waals surface area contributed by atoms with Crippen LogP contribution in [0.25, 0.3) is 0 Å². The lowest BCUT2D eigenvalue weighted by atomic mass is 9.96. The van der Waals surface area contributed by atoms with Gasteiger partial charge >= 0.3 is 0 Å². The van der Waals surface area contributed by atoms with E-state index in [1.54, 1.807) is 6.07 Å². The van der Waals surface area contributed by atoms with E-state index in [0.29, 0.717) is 22.2 Å². The van der Waals surface area contributed by atoms with Crippen LogP contribution in [0.2, 0.25) is 5.02 Å². The maximum atomic E-state index is 7.50. The fraction of sp³-hybridized carbons (Fsp3) is 0.364. The SMILES string of the molecule is Cc1c(C(=N)N)c(N)cc(Cl)c1C1CC1. The third kappa shape index (κ3) is 1.67. The molecule has 3 nitrogen and oxygen atoms in total. The van der Waals surface area contributed by atoms with Gasteiger partial charge in [-0.1, -0.05) is 11.6 Å². The van der Waals surface area contributed by atoms with E-state index in [0.717, 1.165) is 11.1 Å². The second-order valence-corrected chi connectivity index (χ2v) is 4.46. The Morgan fingerprint density at radius 1 is 1.53 bits per heavy atom. The number of anilines is 1. The zero-order valence-corrected chi connectivity index (χ0v) is 9.36. The molecule has 5 N–H and O–H groups in total. The number of amidine groups is 1. The van der Waals surface area contributed by atoms with Crippen molar-refractivity contribution in [2.75, 3.05) is 5.73 Å². The minimum Gasteiger partial charge on any atom is -0.398 e. The highest BCUT2D eigenvalue weighted by molar-refractivity contribution is 6.32. The second-order valence-electron chi connectivity index (χ2n) is 4.05. The molecule has 1 aliphatic carbocycles. The molecule has 0 aromatic heterocycles. The van der Waals surface area contributed by atoms with E-state index in [9.17, 15) is 0 Å². The van der Waals surface area contributed by atoms with Crippen LogP contribution in [-0.4, -0.2) is 5.84 Å². The summed E-state index contributed by atoms with van der Waals surface area (Å²) in [5.74, 6) is 0.555. The predicted octanol–water partition coefficient (Wildman–Crippen LogP) is 2.39. The number of nitrogen functional groups attached to an aromatic ring is 2. The van der Waals surface area contributed by atoms with Gasteiger partial charge in [-0.25, -0.2) is 0 Å². The number of hydrogen-bond donors (Lipinski definition) is 3. The molecule has 0 spiro atoms. The molecule has 1 saturated carbocycles. The van der Waals surface area contributed by atoms with Crippen LogP contribution in [0.15, 0.2) is 6.07 Å². The molecule has 1 aliphatic rings. The normalized spacial score (nSPS) is 15.3. The number of rotatable bonds is 2. The molecule has 0 bridgehead atoms. The summed E-state index contributed by atoms with van der Waals surface area (Å²) in [6, 6.07) is 1.71. The summed E-state index contributed by atoms with van der Waals surface area (Å²) in [5.41, 5.74) is 14.5. The molecule has 1 fully saturated rings. The molecule has 1 aromatic rings. The number of benzene rings is 1. The maximum Gasteiger partial charge on any atom is 0.125 e. The Bertz CT molecular complexity index is 436. The van der Waals surface area contributed by atoms with Gasteiger partial charge in [0, 0.05) is 16.3 Å². The van der Waals surface area contributed by atoms with E-state index >= 15 is 0 Å². The third-order valence-corrected chi connectivity index (χ3v) is 3.17. The van der Waals surface area contributed by atoms with Gasteiger partial charge in [-0.05, 0) is 42.9 Å². The van der Waals surface area contributed by atoms with Gasteiger partial charge in [0.15, 0.2) is 0 Å². The van der Waals surface area contributed by atoms with Gasteiger partial charge < -0.3 is 11.5 Å². The fourth-order valence-corrected chi connectivity index (χ4v) is 2.46. The van der Waals surface area contributed by atoms with Crippen molar-refractivity contribution in [3.05, 3.63) is 27.8 Å². The van der Waals surface area contributed by atoms with Crippen molar-refractivity contribution in [3.8, 4) is 0 Å². The molecule has 0 unspecified atom stereocenters. The Hall–Kier alpha value is -1.22. The molecule has 0 radical (unpaired) electrons. The lowest BCUT2D eigenvalue weighted by Gasteiger charge is -2.14. The summed E-state index contributed by atoms with van der Waals surface area (Å²) in [4.78, 5) is 0.